The molecule has 0 bridgehead atoms. The zero-order chi connectivity index (χ0) is 13.0. The van der Waals surface area contributed by atoms with Gasteiger partial charge in [-0.3, -0.25) is 0 Å². The van der Waals surface area contributed by atoms with Crippen LogP contribution >= 0.6 is 0 Å². The summed E-state index contributed by atoms with van der Waals surface area (Å²) in [4.78, 5) is 0.380. The van der Waals surface area contributed by atoms with E-state index in [1.807, 2.05) is 12.1 Å². The third-order valence-corrected chi connectivity index (χ3v) is 5.11. The van der Waals surface area contributed by atoms with Crippen molar-refractivity contribution in [3.8, 4) is 0 Å². The van der Waals surface area contributed by atoms with Gasteiger partial charge < -0.3 is 0 Å². The number of sulfonamides is 1. The highest BCUT2D eigenvalue weighted by atomic mass is 32.2. The monoisotopic (exact) mass is 267 g/mol. The van der Waals surface area contributed by atoms with Crippen LogP contribution in [0.3, 0.4) is 0 Å². The molecule has 0 atom stereocenters. The zero-order valence-electron chi connectivity index (χ0n) is 10.9. The first-order valence-corrected chi connectivity index (χ1v) is 8.21. The molecule has 3 nitrogen and oxygen atoms in total. The van der Waals surface area contributed by atoms with Crippen molar-refractivity contribution in [1.29, 1.82) is 0 Å². The quantitative estimate of drug-likeness (QED) is 0.911. The van der Waals surface area contributed by atoms with Gasteiger partial charge in [0.05, 0.1) is 4.90 Å². The molecule has 4 heteroatoms. The summed E-state index contributed by atoms with van der Waals surface area (Å²) in [6, 6.07) is 7.29. The topological polar surface area (TPSA) is 46.2 Å². The van der Waals surface area contributed by atoms with Crippen molar-refractivity contribution < 1.29 is 8.42 Å². The Hall–Kier alpha value is -0.870. The van der Waals surface area contributed by atoms with Crippen molar-refractivity contribution in [2.75, 3.05) is 0 Å². The zero-order valence-corrected chi connectivity index (χ0v) is 11.7. The number of hydrogen-bond acceptors (Lipinski definition) is 2. The number of benzene rings is 1. The van der Waals surface area contributed by atoms with Crippen LogP contribution in [-0.2, 0) is 16.4 Å². The predicted molar refractivity (Wildman–Crippen MR) is 73.0 cm³/mol. The summed E-state index contributed by atoms with van der Waals surface area (Å²) in [5.74, 6) is 0. The Balaban J connectivity index is 2.08. The molecule has 0 aromatic heterocycles. The molecule has 1 saturated carbocycles. The van der Waals surface area contributed by atoms with E-state index >= 15 is 0 Å². The normalized spacial score (nSPS) is 17.8. The summed E-state index contributed by atoms with van der Waals surface area (Å²) < 4.78 is 27.2. The van der Waals surface area contributed by atoms with E-state index in [9.17, 15) is 8.42 Å². The van der Waals surface area contributed by atoms with Gasteiger partial charge in [0.15, 0.2) is 0 Å². The summed E-state index contributed by atoms with van der Waals surface area (Å²) >= 11 is 0. The maximum absolute atomic E-state index is 12.2. The van der Waals surface area contributed by atoms with E-state index in [0.717, 1.165) is 37.7 Å². The molecule has 2 rings (SSSR count). The standard InChI is InChI=1S/C14H21NO2S/c1-2-12-8-10-14(11-9-12)18(16,17)15-13-6-4-3-5-7-13/h8-11,13,15H,2-7H2,1H3. The third-order valence-electron chi connectivity index (χ3n) is 3.57. The van der Waals surface area contributed by atoms with Crippen LogP contribution in [-0.4, -0.2) is 14.5 Å². The molecule has 0 aliphatic heterocycles. The Labute approximate surface area is 110 Å². The summed E-state index contributed by atoms with van der Waals surface area (Å²) in [5, 5.41) is 0. The molecule has 0 radical (unpaired) electrons. The lowest BCUT2D eigenvalue weighted by Gasteiger charge is -2.22. The molecular formula is C14H21NO2S. The number of hydrogen-bond donors (Lipinski definition) is 1. The van der Waals surface area contributed by atoms with Gasteiger partial charge in [-0.25, -0.2) is 13.1 Å². The SMILES string of the molecule is CCc1ccc(S(=O)(=O)NC2CCCCC2)cc1. The second-order valence-electron chi connectivity index (χ2n) is 4.95. The molecule has 100 valence electrons. The lowest BCUT2D eigenvalue weighted by atomic mass is 9.96. The minimum Gasteiger partial charge on any atom is -0.208 e. The molecule has 0 amide bonds. The van der Waals surface area contributed by atoms with Crippen molar-refractivity contribution in [2.24, 2.45) is 0 Å². The van der Waals surface area contributed by atoms with Gasteiger partial charge in [-0.2, -0.15) is 0 Å². The maximum atomic E-state index is 12.2. The molecule has 1 fully saturated rings. The lowest BCUT2D eigenvalue weighted by Crippen LogP contribution is -2.36. The first-order valence-electron chi connectivity index (χ1n) is 6.73. The van der Waals surface area contributed by atoms with Crippen molar-refractivity contribution in [2.45, 2.75) is 56.4 Å². The summed E-state index contributed by atoms with van der Waals surface area (Å²) in [6.07, 6.45) is 6.34. The van der Waals surface area contributed by atoms with Crippen molar-refractivity contribution in [3.63, 3.8) is 0 Å². The molecule has 1 aliphatic carbocycles. The molecule has 1 N–H and O–H groups in total. The van der Waals surface area contributed by atoms with Crippen molar-refractivity contribution in [3.05, 3.63) is 29.8 Å². The second kappa shape index (κ2) is 5.85. The van der Waals surface area contributed by atoms with E-state index in [-0.39, 0.29) is 6.04 Å². The highest BCUT2D eigenvalue weighted by Crippen LogP contribution is 2.20. The van der Waals surface area contributed by atoms with Gasteiger partial charge >= 0.3 is 0 Å². The smallest absolute Gasteiger partial charge is 0.208 e. The van der Waals surface area contributed by atoms with E-state index in [4.69, 9.17) is 0 Å². The van der Waals surface area contributed by atoms with Gasteiger partial charge in [-0.15, -0.1) is 0 Å². The molecule has 0 heterocycles. The van der Waals surface area contributed by atoms with Crippen LogP contribution in [0, 0.1) is 0 Å². The Kier molecular flexibility index (Phi) is 4.40. The van der Waals surface area contributed by atoms with E-state index < -0.39 is 10.0 Å². The molecule has 0 unspecified atom stereocenters. The van der Waals surface area contributed by atoms with Crippen LogP contribution in [0.5, 0.6) is 0 Å². The highest BCUT2D eigenvalue weighted by Gasteiger charge is 2.21. The van der Waals surface area contributed by atoms with Gasteiger partial charge in [-0.1, -0.05) is 38.3 Å². The molecule has 1 aromatic rings. The fourth-order valence-electron chi connectivity index (χ4n) is 2.41. The summed E-state index contributed by atoms with van der Waals surface area (Å²) in [5.41, 5.74) is 1.16. The Bertz CT molecular complexity index is 473. The Morgan fingerprint density at radius 2 is 1.72 bits per heavy atom. The molecule has 18 heavy (non-hydrogen) atoms. The molecule has 0 saturated heterocycles. The predicted octanol–water partition coefficient (Wildman–Crippen LogP) is 2.86. The maximum Gasteiger partial charge on any atom is 0.240 e. The van der Waals surface area contributed by atoms with E-state index in [2.05, 4.69) is 11.6 Å². The fourth-order valence-corrected chi connectivity index (χ4v) is 3.72. The van der Waals surface area contributed by atoms with E-state index in [0.29, 0.717) is 4.90 Å². The van der Waals surface area contributed by atoms with E-state index in [1.54, 1.807) is 12.1 Å². The Morgan fingerprint density at radius 1 is 1.11 bits per heavy atom. The average molecular weight is 267 g/mol. The number of aryl methyl sites for hydroxylation is 1. The minimum atomic E-state index is -3.33. The van der Waals surface area contributed by atoms with Crippen LogP contribution in [0.1, 0.15) is 44.6 Å². The van der Waals surface area contributed by atoms with Gasteiger partial charge in [-0.05, 0) is 37.0 Å². The molecule has 0 spiro atoms. The number of nitrogens with one attached hydrogen (secondary N) is 1. The van der Waals surface area contributed by atoms with Gasteiger partial charge in [0.2, 0.25) is 10.0 Å². The van der Waals surface area contributed by atoms with Crippen LogP contribution < -0.4 is 4.72 Å². The highest BCUT2D eigenvalue weighted by molar-refractivity contribution is 7.89. The van der Waals surface area contributed by atoms with Gasteiger partial charge in [0.1, 0.15) is 0 Å². The van der Waals surface area contributed by atoms with Crippen molar-refractivity contribution in [1.82, 2.24) is 4.72 Å². The van der Waals surface area contributed by atoms with Crippen molar-refractivity contribution >= 4 is 10.0 Å². The second-order valence-corrected chi connectivity index (χ2v) is 6.67. The summed E-state index contributed by atoms with van der Waals surface area (Å²) in [7, 11) is -3.33. The first-order chi connectivity index (χ1) is 8.62. The Morgan fingerprint density at radius 3 is 2.28 bits per heavy atom. The first kappa shape index (κ1) is 13.6. The molecule has 1 aromatic carbocycles. The summed E-state index contributed by atoms with van der Waals surface area (Å²) in [6.45, 7) is 2.06. The van der Waals surface area contributed by atoms with Crippen LogP contribution in [0.25, 0.3) is 0 Å². The lowest BCUT2D eigenvalue weighted by molar-refractivity contribution is 0.412. The fraction of sp³-hybridized carbons (Fsp3) is 0.571. The largest absolute Gasteiger partial charge is 0.240 e. The van der Waals surface area contributed by atoms with Gasteiger partial charge in [0.25, 0.3) is 0 Å². The van der Waals surface area contributed by atoms with E-state index in [1.165, 1.54) is 6.42 Å². The van der Waals surface area contributed by atoms with Crippen LogP contribution in [0.15, 0.2) is 29.2 Å². The minimum absolute atomic E-state index is 0.120. The average Bonchev–Trinajstić information content (AvgIpc) is 2.39. The van der Waals surface area contributed by atoms with Gasteiger partial charge in [0, 0.05) is 6.04 Å². The molecular weight excluding hydrogens is 246 g/mol. The third kappa shape index (κ3) is 3.33. The van der Waals surface area contributed by atoms with Crippen LogP contribution in [0.4, 0.5) is 0 Å². The molecule has 1 aliphatic rings. The van der Waals surface area contributed by atoms with Crippen LogP contribution in [0.2, 0.25) is 0 Å². The number of rotatable bonds is 4.